The molecule has 2 saturated heterocycles. The zero-order valence-electron chi connectivity index (χ0n) is 11.2. The molecule has 6 nitrogen and oxygen atoms in total. The summed E-state index contributed by atoms with van der Waals surface area (Å²) in [5.74, 6) is 0. The van der Waals surface area contributed by atoms with Crippen LogP contribution in [-0.2, 0) is 14.2 Å². The lowest BCUT2D eigenvalue weighted by atomic mass is 10.2. The van der Waals surface area contributed by atoms with Gasteiger partial charge in [-0.05, 0) is 20.8 Å². The Morgan fingerprint density at radius 1 is 1.39 bits per heavy atom. The molecular weight excluding hydrogens is 236 g/mol. The number of nitrogens with zero attached hydrogens (tertiary/aromatic N) is 1. The molecule has 0 bridgehead atoms. The normalized spacial score (nSPS) is 32.2. The highest BCUT2D eigenvalue weighted by Gasteiger charge is 2.42. The maximum atomic E-state index is 11.9. The first-order valence-corrected chi connectivity index (χ1v) is 6.34. The van der Waals surface area contributed by atoms with Gasteiger partial charge < -0.3 is 24.8 Å². The average Bonchev–Trinajstić information content (AvgIpc) is 2.69. The van der Waals surface area contributed by atoms with Crippen LogP contribution in [0.3, 0.4) is 0 Å². The highest BCUT2D eigenvalue weighted by atomic mass is 16.6. The summed E-state index contributed by atoms with van der Waals surface area (Å²) in [6.45, 7) is 7.53. The van der Waals surface area contributed by atoms with Gasteiger partial charge in [-0.1, -0.05) is 0 Å². The van der Waals surface area contributed by atoms with Crippen LogP contribution in [0.15, 0.2) is 0 Å². The average molecular weight is 258 g/mol. The molecule has 0 aromatic heterocycles. The van der Waals surface area contributed by atoms with Crippen LogP contribution >= 0.6 is 0 Å². The van der Waals surface area contributed by atoms with Gasteiger partial charge in [0, 0.05) is 6.54 Å². The molecule has 0 aromatic carbocycles. The van der Waals surface area contributed by atoms with Gasteiger partial charge in [0.05, 0.1) is 25.8 Å². The Bertz CT molecular complexity index is 316. The number of rotatable bonds is 1. The topological polar surface area (TPSA) is 74.0 Å². The highest BCUT2D eigenvalue weighted by Crippen LogP contribution is 2.24. The largest absolute Gasteiger partial charge is 0.444 e. The Morgan fingerprint density at radius 3 is 2.67 bits per heavy atom. The number of carbonyl (C=O) groups is 1. The Morgan fingerprint density at radius 2 is 2.06 bits per heavy atom. The molecule has 0 spiro atoms. The summed E-state index contributed by atoms with van der Waals surface area (Å²) in [6, 6.07) is 0. The van der Waals surface area contributed by atoms with Gasteiger partial charge in [0.15, 0.2) is 0 Å². The molecule has 0 aliphatic carbocycles. The van der Waals surface area contributed by atoms with Gasteiger partial charge in [0.2, 0.25) is 0 Å². The van der Waals surface area contributed by atoms with E-state index in [0.29, 0.717) is 26.2 Å². The van der Waals surface area contributed by atoms with Crippen molar-refractivity contribution in [3.8, 4) is 0 Å². The molecule has 2 N–H and O–H groups in total. The van der Waals surface area contributed by atoms with Crippen LogP contribution in [0.25, 0.3) is 0 Å². The lowest BCUT2D eigenvalue weighted by molar-refractivity contribution is -0.156. The van der Waals surface area contributed by atoms with Crippen LogP contribution in [0.4, 0.5) is 4.79 Å². The van der Waals surface area contributed by atoms with Crippen molar-refractivity contribution < 1.29 is 19.0 Å². The first-order valence-electron chi connectivity index (χ1n) is 6.34. The van der Waals surface area contributed by atoms with Crippen LogP contribution in [0, 0.1) is 0 Å². The lowest BCUT2D eigenvalue weighted by Gasteiger charge is -2.30. The number of hydrogen-bond donors (Lipinski definition) is 1. The predicted octanol–water partition coefficient (Wildman–Crippen LogP) is 0.348. The third-order valence-electron chi connectivity index (χ3n) is 2.99. The third kappa shape index (κ3) is 3.13. The summed E-state index contributed by atoms with van der Waals surface area (Å²) in [5.41, 5.74) is 5.07. The van der Waals surface area contributed by atoms with Gasteiger partial charge in [0.25, 0.3) is 0 Å². The van der Waals surface area contributed by atoms with Crippen LogP contribution in [0.1, 0.15) is 20.8 Å². The molecule has 18 heavy (non-hydrogen) atoms. The van der Waals surface area contributed by atoms with Crippen molar-refractivity contribution in [2.45, 2.75) is 44.7 Å². The summed E-state index contributed by atoms with van der Waals surface area (Å²) in [4.78, 5) is 13.6. The number of nitrogens with two attached hydrogens (primary N) is 1. The van der Waals surface area contributed by atoms with Crippen molar-refractivity contribution in [3.05, 3.63) is 0 Å². The summed E-state index contributed by atoms with van der Waals surface area (Å²) in [6.07, 6.45) is -0.515. The fourth-order valence-corrected chi connectivity index (χ4v) is 2.15. The summed E-state index contributed by atoms with van der Waals surface area (Å²) in [5, 5.41) is 0. The number of likely N-dealkylation sites (tertiary alicyclic amines) is 1. The molecule has 3 atom stereocenters. The van der Waals surface area contributed by atoms with Crippen molar-refractivity contribution in [1.82, 2.24) is 4.90 Å². The minimum Gasteiger partial charge on any atom is -0.444 e. The maximum absolute atomic E-state index is 11.9. The number of ether oxygens (including phenoxy) is 3. The number of carbonyl (C=O) groups excluding carboxylic acids is 1. The number of amides is 1. The van der Waals surface area contributed by atoms with E-state index >= 15 is 0 Å². The van der Waals surface area contributed by atoms with Crippen molar-refractivity contribution in [1.29, 1.82) is 0 Å². The predicted molar refractivity (Wildman–Crippen MR) is 65.3 cm³/mol. The second kappa shape index (κ2) is 5.03. The van der Waals surface area contributed by atoms with Crippen molar-refractivity contribution in [2.75, 3.05) is 26.2 Å². The van der Waals surface area contributed by atoms with E-state index in [0.717, 1.165) is 0 Å². The molecule has 0 saturated carbocycles. The quantitative estimate of drug-likeness (QED) is 0.734. The second-order valence-electron chi connectivity index (χ2n) is 5.79. The van der Waals surface area contributed by atoms with E-state index in [1.807, 2.05) is 20.8 Å². The molecule has 2 fully saturated rings. The highest BCUT2D eigenvalue weighted by molar-refractivity contribution is 5.68. The van der Waals surface area contributed by atoms with E-state index < -0.39 is 5.60 Å². The van der Waals surface area contributed by atoms with Gasteiger partial charge in [-0.2, -0.15) is 0 Å². The summed E-state index contributed by atoms with van der Waals surface area (Å²) >= 11 is 0. The van der Waals surface area contributed by atoms with Crippen molar-refractivity contribution in [2.24, 2.45) is 5.73 Å². The van der Waals surface area contributed by atoms with Gasteiger partial charge >= 0.3 is 6.09 Å². The molecule has 0 aromatic rings. The standard InChI is InChI=1S/C12H22N2O4/c1-12(2,3)18-11(15)14-5-9-10(6-14)17-8(4-13)7-16-9/h8-10H,4-7,13H2,1-3H3. The van der Waals surface area contributed by atoms with Crippen molar-refractivity contribution in [3.63, 3.8) is 0 Å². The third-order valence-corrected chi connectivity index (χ3v) is 2.99. The second-order valence-corrected chi connectivity index (χ2v) is 5.79. The summed E-state index contributed by atoms with van der Waals surface area (Å²) < 4.78 is 16.8. The minimum absolute atomic E-state index is 0.0553. The van der Waals surface area contributed by atoms with Crippen LogP contribution < -0.4 is 5.73 Å². The van der Waals surface area contributed by atoms with Gasteiger partial charge in [-0.15, -0.1) is 0 Å². The van der Waals surface area contributed by atoms with Crippen LogP contribution in [0.2, 0.25) is 0 Å². The zero-order chi connectivity index (χ0) is 13.3. The maximum Gasteiger partial charge on any atom is 0.410 e. The Hall–Kier alpha value is -0.850. The first-order chi connectivity index (χ1) is 8.39. The Kier molecular flexibility index (Phi) is 3.79. The van der Waals surface area contributed by atoms with Gasteiger partial charge in [-0.25, -0.2) is 4.79 Å². The van der Waals surface area contributed by atoms with Crippen molar-refractivity contribution >= 4 is 6.09 Å². The molecule has 2 rings (SSSR count). The SMILES string of the molecule is CC(C)(C)OC(=O)N1CC2OCC(CN)OC2C1. The Balaban J connectivity index is 1.90. The van der Waals surface area contributed by atoms with Gasteiger partial charge in [-0.3, -0.25) is 0 Å². The zero-order valence-corrected chi connectivity index (χ0v) is 11.2. The fraction of sp³-hybridized carbons (Fsp3) is 0.917. The molecule has 0 radical (unpaired) electrons. The van der Waals surface area contributed by atoms with E-state index in [1.54, 1.807) is 4.90 Å². The molecule has 104 valence electrons. The van der Waals surface area contributed by atoms with E-state index in [-0.39, 0.29) is 24.4 Å². The summed E-state index contributed by atoms with van der Waals surface area (Å²) in [7, 11) is 0. The molecule has 1 amide bonds. The fourth-order valence-electron chi connectivity index (χ4n) is 2.15. The van der Waals surface area contributed by atoms with E-state index in [1.165, 1.54) is 0 Å². The number of hydrogen-bond acceptors (Lipinski definition) is 5. The number of fused-ring (bicyclic) bond motifs is 1. The van der Waals surface area contributed by atoms with E-state index in [9.17, 15) is 4.79 Å². The van der Waals surface area contributed by atoms with E-state index in [2.05, 4.69) is 0 Å². The monoisotopic (exact) mass is 258 g/mol. The Labute approximate surface area is 107 Å². The van der Waals surface area contributed by atoms with Crippen LogP contribution in [0.5, 0.6) is 0 Å². The molecule has 3 unspecified atom stereocenters. The minimum atomic E-state index is -0.480. The lowest BCUT2D eigenvalue weighted by Crippen LogP contribution is -2.45. The van der Waals surface area contributed by atoms with Crippen LogP contribution in [-0.4, -0.2) is 61.1 Å². The van der Waals surface area contributed by atoms with E-state index in [4.69, 9.17) is 19.9 Å². The molecule has 2 heterocycles. The molecular formula is C12H22N2O4. The van der Waals surface area contributed by atoms with Gasteiger partial charge in [0.1, 0.15) is 17.8 Å². The molecule has 6 heteroatoms. The molecule has 2 aliphatic heterocycles. The first kappa shape index (κ1) is 13.6. The molecule has 2 aliphatic rings. The smallest absolute Gasteiger partial charge is 0.410 e.